The minimum Gasteiger partial charge on any atom is -0.383 e. The molecule has 0 unspecified atom stereocenters. The van der Waals surface area contributed by atoms with Crippen LogP contribution in [-0.2, 0) is 20.7 Å². The number of aromatic nitrogens is 1. The van der Waals surface area contributed by atoms with E-state index in [2.05, 4.69) is 10.6 Å². The fourth-order valence-corrected chi connectivity index (χ4v) is 2.24. The van der Waals surface area contributed by atoms with Crippen molar-refractivity contribution < 1.29 is 14.3 Å². The second-order valence-electron chi connectivity index (χ2n) is 5.38. The number of hydrogen-bond donors (Lipinski definition) is 2. The van der Waals surface area contributed by atoms with Gasteiger partial charge in [-0.1, -0.05) is 12.1 Å². The van der Waals surface area contributed by atoms with E-state index in [1.165, 1.54) is 0 Å². The number of benzene rings is 1. The Kier molecular flexibility index (Phi) is 7.04. The topological polar surface area (TPSA) is 72.4 Å². The first-order valence-electron chi connectivity index (χ1n) is 7.93. The van der Waals surface area contributed by atoms with Crippen LogP contribution >= 0.6 is 0 Å². The number of hydrogen-bond acceptors (Lipinski definition) is 3. The van der Waals surface area contributed by atoms with Crippen LogP contribution in [0.25, 0.3) is 5.69 Å². The van der Waals surface area contributed by atoms with Crippen molar-refractivity contribution in [2.24, 2.45) is 0 Å². The second-order valence-corrected chi connectivity index (χ2v) is 5.38. The van der Waals surface area contributed by atoms with Crippen LogP contribution in [-0.4, -0.2) is 43.2 Å². The van der Waals surface area contributed by atoms with E-state index < -0.39 is 0 Å². The molecule has 0 bridgehead atoms. The van der Waals surface area contributed by atoms with E-state index in [1.54, 1.807) is 7.11 Å². The summed E-state index contributed by atoms with van der Waals surface area (Å²) >= 11 is 0. The van der Waals surface area contributed by atoms with E-state index >= 15 is 0 Å². The molecule has 0 fully saturated rings. The average Bonchev–Trinajstić information content (AvgIpc) is 3.10. The lowest BCUT2D eigenvalue weighted by Gasteiger charge is -2.07. The van der Waals surface area contributed by atoms with E-state index in [1.807, 2.05) is 53.4 Å². The summed E-state index contributed by atoms with van der Waals surface area (Å²) in [5, 5.41) is 5.47. The van der Waals surface area contributed by atoms with Crippen LogP contribution in [0.5, 0.6) is 0 Å². The third-order valence-electron chi connectivity index (χ3n) is 3.51. The first-order chi connectivity index (χ1) is 11.7. The smallest absolute Gasteiger partial charge is 0.224 e. The van der Waals surface area contributed by atoms with E-state index in [4.69, 9.17) is 4.74 Å². The number of nitrogens with one attached hydrogen (secondary N) is 2. The van der Waals surface area contributed by atoms with Crippen LogP contribution in [0.4, 0.5) is 0 Å². The molecule has 0 radical (unpaired) electrons. The van der Waals surface area contributed by atoms with Crippen molar-refractivity contribution in [3.63, 3.8) is 0 Å². The molecular formula is C18H23N3O3. The summed E-state index contributed by atoms with van der Waals surface area (Å²) in [6.07, 6.45) is 4.51. The van der Waals surface area contributed by atoms with Gasteiger partial charge in [0, 0.05) is 44.7 Å². The number of carbonyl (C=O) groups excluding carboxylic acids is 2. The quantitative estimate of drug-likeness (QED) is 0.681. The first kappa shape index (κ1) is 17.7. The molecule has 0 saturated carbocycles. The van der Waals surface area contributed by atoms with Gasteiger partial charge < -0.3 is 19.9 Å². The van der Waals surface area contributed by atoms with Crippen LogP contribution in [0.1, 0.15) is 12.0 Å². The van der Waals surface area contributed by atoms with Gasteiger partial charge >= 0.3 is 0 Å². The van der Waals surface area contributed by atoms with Crippen LogP contribution in [0.3, 0.4) is 0 Å². The molecule has 0 aliphatic heterocycles. The summed E-state index contributed by atoms with van der Waals surface area (Å²) in [7, 11) is 1.58. The van der Waals surface area contributed by atoms with Gasteiger partial charge in [-0.25, -0.2) is 0 Å². The zero-order valence-corrected chi connectivity index (χ0v) is 13.8. The van der Waals surface area contributed by atoms with Crippen molar-refractivity contribution in [3.05, 3.63) is 54.4 Å². The molecule has 2 aromatic rings. The Balaban J connectivity index is 1.69. The average molecular weight is 329 g/mol. The van der Waals surface area contributed by atoms with Crippen LogP contribution < -0.4 is 10.6 Å². The molecule has 0 saturated heterocycles. The Hall–Kier alpha value is -2.60. The summed E-state index contributed by atoms with van der Waals surface area (Å²) in [6.45, 7) is 1.30. The van der Waals surface area contributed by atoms with E-state index in [9.17, 15) is 9.59 Å². The highest BCUT2D eigenvalue weighted by Crippen LogP contribution is 2.10. The largest absolute Gasteiger partial charge is 0.383 e. The van der Waals surface area contributed by atoms with Crippen molar-refractivity contribution in [2.45, 2.75) is 12.8 Å². The predicted octanol–water partition coefficient (Wildman–Crippen LogP) is 1.29. The highest BCUT2D eigenvalue weighted by Gasteiger charge is 2.05. The van der Waals surface area contributed by atoms with Gasteiger partial charge in [-0.3, -0.25) is 9.59 Å². The number of amides is 2. The zero-order valence-electron chi connectivity index (χ0n) is 13.8. The number of carbonyl (C=O) groups is 2. The van der Waals surface area contributed by atoms with Crippen molar-refractivity contribution in [2.75, 3.05) is 26.8 Å². The van der Waals surface area contributed by atoms with Crippen LogP contribution in [0.15, 0.2) is 48.8 Å². The van der Waals surface area contributed by atoms with Gasteiger partial charge in [0.15, 0.2) is 0 Å². The Labute approximate surface area is 141 Å². The maximum Gasteiger partial charge on any atom is 0.224 e. The molecule has 0 aliphatic rings. The lowest BCUT2D eigenvalue weighted by atomic mass is 10.1. The Morgan fingerprint density at radius 3 is 2.33 bits per heavy atom. The summed E-state index contributed by atoms with van der Waals surface area (Å²) in [6, 6.07) is 11.8. The number of methoxy groups -OCH3 is 1. The van der Waals surface area contributed by atoms with Gasteiger partial charge in [-0.05, 0) is 29.8 Å². The van der Waals surface area contributed by atoms with Gasteiger partial charge in [0.1, 0.15) is 0 Å². The maximum absolute atomic E-state index is 11.9. The van der Waals surface area contributed by atoms with E-state index in [-0.39, 0.29) is 18.2 Å². The molecule has 2 rings (SSSR count). The van der Waals surface area contributed by atoms with Gasteiger partial charge in [-0.15, -0.1) is 0 Å². The highest BCUT2D eigenvalue weighted by molar-refractivity contribution is 5.80. The summed E-state index contributed by atoms with van der Waals surface area (Å²) in [4.78, 5) is 23.4. The fourth-order valence-electron chi connectivity index (χ4n) is 2.24. The fraction of sp³-hybridized carbons (Fsp3) is 0.333. The van der Waals surface area contributed by atoms with Crippen molar-refractivity contribution in [3.8, 4) is 5.69 Å². The predicted molar refractivity (Wildman–Crippen MR) is 92.0 cm³/mol. The molecular weight excluding hydrogens is 306 g/mol. The highest BCUT2D eigenvalue weighted by atomic mass is 16.5. The molecule has 6 heteroatoms. The molecule has 2 amide bonds. The Morgan fingerprint density at radius 2 is 1.67 bits per heavy atom. The van der Waals surface area contributed by atoms with Gasteiger partial charge in [0.05, 0.1) is 13.0 Å². The van der Waals surface area contributed by atoms with Crippen molar-refractivity contribution >= 4 is 11.8 Å². The third kappa shape index (κ3) is 5.89. The molecule has 1 aromatic heterocycles. The van der Waals surface area contributed by atoms with E-state index in [0.29, 0.717) is 26.1 Å². The van der Waals surface area contributed by atoms with Gasteiger partial charge in [-0.2, -0.15) is 0 Å². The first-order valence-corrected chi connectivity index (χ1v) is 7.93. The zero-order chi connectivity index (χ0) is 17.2. The molecule has 1 aromatic carbocycles. The molecule has 0 aliphatic carbocycles. The van der Waals surface area contributed by atoms with Gasteiger partial charge in [0.2, 0.25) is 11.8 Å². The molecule has 2 N–H and O–H groups in total. The molecule has 0 spiro atoms. The van der Waals surface area contributed by atoms with Crippen molar-refractivity contribution in [1.82, 2.24) is 15.2 Å². The molecule has 0 atom stereocenters. The SMILES string of the molecule is COCCNC(=O)CCNC(=O)Cc1ccc(-n2cccc2)cc1. The minimum absolute atomic E-state index is 0.0894. The monoisotopic (exact) mass is 329 g/mol. The summed E-state index contributed by atoms with van der Waals surface area (Å²) < 4.78 is 6.85. The van der Waals surface area contributed by atoms with Crippen LogP contribution in [0.2, 0.25) is 0 Å². The lowest BCUT2D eigenvalue weighted by molar-refractivity contribution is -0.122. The standard InChI is InChI=1S/C18H23N3O3/c1-24-13-10-20-17(22)8-9-19-18(23)14-15-4-6-16(7-5-15)21-11-2-3-12-21/h2-7,11-12H,8-10,13-14H2,1H3,(H,19,23)(H,20,22). The molecule has 24 heavy (non-hydrogen) atoms. The Bertz CT molecular complexity index is 636. The molecule has 1 heterocycles. The third-order valence-corrected chi connectivity index (χ3v) is 3.51. The Morgan fingerprint density at radius 1 is 1.00 bits per heavy atom. The van der Waals surface area contributed by atoms with Crippen molar-refractivity contribution in [1.29, 1.82) is 0 Å². The second kappa shape index (κ2) is 9.52. The number of ether oxygens (including phenoxy) is 1. The number of rotatable bonds is 9. The molecule has 6 nitrogen and oxygen atoms in total. The maximum atomic E-state index is 11.9. The summed E-state index contributed by atoms with van der Waals surface area (Å²) in [5.74, 6) is -0.183. The van der Waals surface area contributed by atoms with Crippen LogP contribution in [0, 0.1) is 0 Å². The number of nitrogens with zero attached hydrogens (tertiary/aromatic N) is 1. The normalized spacial score (nSPS) is 10.4. The lowest BCUT2D eigenvalue weighted by Crippen LogP contribution is -2.32. The van der Waals surface area contributed by atoms with Gasteiger partial charge in [0.25, 0.3) is 0 Å². The molecule has 128 valence electrons. The minimum atomic E-state index is -0.0941. The summed E-state index contributed by atoms with van der Waals surface area (Å²) in [5.41, 5.74) is 1.99. The van der Waals surface area contributed by atoms with E-state index in [0.717, 1.165) is 11.3 Å².